The van der Waals surface area contributed by atoms with E-state index in [-0.39, 0.29) is 11.3 Å². The van der Waals surface area contributed by atoms with Gasteiger partial charge in [-0.25, -0.2) is 16.5 Å². The Morgan fingerprint density at radius 2 is 2.14 bits per heavy atom. The van der Waals surface area contributed by atoms with Crippen molar-refractivity contribution >= 4 is 17.4 Å². The zero-order chi connectivity index (χ0) is 15.6. The zero-order valence-electron chi connectivity index (χ0n) is 12.9. The standard InChI is InChI=1S/C16H21ClN4O/c1-12-11-22-9-8-21(12)14-10-13(19-15(17)20-14)16(18-2)6-4-3-5-7-16/h10,12H,3-9,11H2,1H3/t12-/m1/s1. The Hall–Kier alpha value is -1.38. The van der Waals surface area contributed by atoms with Gasteiger partial charge >= 0.3 is 0 Å². The van der Waals surface area contributed by atoms with Crippen LogP contribution < -0.4 is 4.90 Å². The lowest BCUT2D eigenvalue weighted by atomic mass is 9.80. The van der Waals surface area contributed by atoms with E-state index in [0.717, 1.165) is 43.7 Å². The highest BCUT2D eigenvalue weighted by Gasteiger charge is 2.42. The smallest absolute Gasteiger partial charge is 0.274 e. The molecule has 6 heteroatoms. The molecule has 0 radical (unpaired) electrons. The second kappa shape index (κ2) is 6.39. The third-order valence-electron chi connectivity index (χ3n) is 4.72. The predicted molar refractivity (Wildman–Crippen MR) is 86.0 cm³/mol. The highest BCUT2D eigenvalue weighted by Crippen LogP contribution is 2.41. The summed E-state index contributed by atoms with van der Waals surface area (Å²) in [5.41, 5.74) is 0.269. The van der Waals surface area contributed by atoms with Crippen LogP contribution in [0.4, 0.5) is 5.82 Å². The number of hydrogen-bond acceptors (Lipinski definition) is 4. The predicted octanol–water partition coefficient (Wildman–Crippen LogP) is 3.43. The normalized spacial score (nSPS) is 24.8. The first-order valence-electron chi connectivity index (χ1n) is 7.93. The minimum atomic E-state index is -0.519. The maximum Gasteiger partial charge on any atom is 0.274 e. The van der Waals surface area contributed by atoms with Crippen LogP contribution in [-0.4, -0.2) is 35.8 Å². The number of hydrogen-bond donors (Lipinski definition) is 0. The molecule has 0 bridgehead atoms. The van der Waals surface area contributed by atoms with Crippen molar-refractivity contribution < 1.29 is 4.74 Å². The van der Waals surface area contributed by atoms with Gasteiger partial charge in [0.15, 0.2) is 0 Å². The van der Waals surface area contributed by atoms with Gasteiger partial charge in [0.05, 0.1) is 19.3 Å². The minimum absolute atomic E-state index is 0.236. The van der Waals surface area contributed by atoms with Gasteiger partial charge in [-0.3, -0.25) is 0 Å². The maximum atomic E-state index is 7.70. The SMILES string of the molecule is [C-]#[N+]C1(c2cc(N3CCOC[C@H]3C)nc(Cl)n2)CCCCC1. The molecule has 1 aromatic rings. The fraction of sp³-hybridized carbons (Fsp3) is 0.688. The lowest BCUT2D eigenvalue weighted by molar-refractivity contribution is 0.0985. The van der Waals surface area contributed by atoms with Gasteiger partial charge in [0.1, 0.15) is 11.5 Å². The van der Waals surface area contributed by atoms with Crippen molar-refractivity contribution in [2.45, 2.75) is 50.6 Å². The summed E-state index contributed by atoms with van der Waals surface area (Å²) >= 11 is 6.17. The molecule has 0 unspecified atom stereocenters. The molecular weight excluding hydrogens is 300 g/mol. The molecule has 0 aromatic carbocycles. The molecule has 1 aromatic heterocycles. The highest BCUT2D eigenvalue weighted by atomic mass is 35.5. The molecular formula is C16H21ClN4O. The van der Waals surface area contributed by atoms with E-state index in [1.807, 2.05) is 6.07 Å². The topological polar surface area (TPSA) is 42.6 Å². The van der Waals surface area contributed by atoms with Crippen molar-refractivity contribution in [3.8, 4) is 0 Å². The fourth-order valence-corrected chi connectivity index (χ4v) is 3.60. The van der Waals surface area contributed by atoms with Crippen molar-refractivity contribution in [1.29, 1.82) is 0 Å². The van der Waals surface area contributed by atoms with Gasteiger partial charge in [-0.05, 0) is 31.4 Å². The van der Waals surface area contributed by atoms with Crippen LogP contribution in [0.1, 0.15) is 44.7 Å². The lowest BCUT2D eigenvalue weighted by Crippen LogP contribution is -2.44. The van der Waals surface area contributed by atoms with Crippen LogP contribution >= 0.6 is 11.6 Å². The molecule has 1 atom stereocenters. The third kappa shape index (κ3) is 2.90. The number of nitrogens with zero attached hydrogens (tertiary/aromatic N) is 4. The number of halogens is 1. The fourth-order valence-electron chi connectivity index (χ4n) is 3.42. The molecule has 5 nitrogen and oxygen atoms in total. The molecule has 2 heterocycles. The summed E-state index contributed by atoms with van der Waals surface area (Å²) in [7, 11) is 0. The summed E-state index contributed by atoms with van der Waals surface area (Å²) in [6.07, 6.45) is 5.08. The molecule has 3 rings (SSSR count). The number of aromatic nitrogens is 2. The van der Waals surface area contributed by atoms with E-state index in [0.29, 0.717) is 13.2 Å². The van der Waals surface area contributed by atoms with Crippen LogP contribution in [0.5, 0.6) is 0 Å². The van der Waals surface area contributed by atoms with E-state index < -0.39 is 5.54 Å². The molecule has 2 aliphatic rings. The molecule has 1 aliphatic carbocycles. The average Bonchev–Trinajstić information content (AvgIpc) is 2.55. The molecule has 118 valence electrons. The first-order valence-corrected chi connectivity index (χ1v) is 8.30. The number of rotatable bonds is 2. The molecule has 1 aliphatic heterocycles. The van der Waals surface area contributed by atoms with Gasteiger partial charge < -0.3 is 14.5 Å². The van der Waals surface area contributed by atoms with Crippen LogP contribution in [0.2, 0.25) is 5.28 Å². The zero-order valence-corrected chi connectivity index (χ0v) is 13.6. The second-order valence-corrected chi connectivity index (χ2v) is 6.54. The van der Waals surface area contributed by atoms with Crippen LogP contribution in [0.15, 0.2) is 6.07 Å². The van der Waals surface area contributed by atoms with Gasteiger partial charge in [-0.1, -0.05) is 6.42 Å². The monoisotopic (exact) mass is 320 g/mol. The maximum absolute atomic E-state index is 7.70. The summed E-state index contributed by atoms with van der Waals surface area (Å²) in [6, 6.07) is 2.22. The summed E-state index contributed by atoms with van der Waals surface area (Å²) in [6.45, 7) is 12.0. The first kappa shape index (κ1) is 15.5. The van der Waals surface area contributed by atoms with Crippen LogP contribution in [-0.2, 0) is 10.3 Å². The molecule has 0 amide bonds. The van der Waals surface area contributed by atoms with E-state index >= 15 is 0 Å². The summed E-state index contributed by atoms with van der Waals surface area (Å²) in [5, 5.41) is 0.236. The molecule has 0 spiro atoms. The van der Waals surface area contributed by atoms with E-state index in [1.54, 1.807) is 0 Å². The third-order valence-corrected chi connectivity index (χ3v) is 4.89. The molecule has 22 heavy (non-hydrogen) atoms. The van der Waals surface area contributed by atoms with E-state index in [1.165, 1.54) is 6.42 Å². The van der Waals surface area contributed by atoms with Crippen molar-refractivity contribution in [2.75, 3.05) is 24.7 Å². The summed E-state index contributed by atoms with van der Waals surface area (Å²) < 4.78 is 5.48. The van der Waals surface area contributed by atoms with Gasteiger partial charge in [-0.2, -0.15) is 0 Å². The Morgan fingerprint density at radius 1 is 1.36 bits per heavy atom. The molecule has 1 saturated carbocycles. The van der Waals surface area contributed by atoms with E-state index in [9.17, 15) is 0 Å². The quantitative estimate of drug-likeness (QED) is 0.618. The molecule has 2 fully saturated rings. The number of anilines is 1. The lowest BCUT2D eigenvalue weighted by Gasteiger charge is -2.35. The Kier molecular flexibility index (Phi) is 4.51. The second-order valence-electron chi connectivity index (χ2n) is 6.20. The van der Waals surface area contributed by atoms with Crippen LogP contribution in [0.25, 0.3) is 4.85 Å². The van der Waals surface area contributed by atoms with Gasteiger partial charge in [0, 0.05) is 25.5 Å². The largest absolute Gasteiger partial charge is 0.377 e. The van der Waals surface area contributed by atoms with Crippen molar-refractivity contribution in [3.63, 3.8) is 0 Å². The molecule has 0 N–H and O–H groups in total. The Bertz CT molecular complexity index is 580. The van der Waals surface area contributed by atoms with Gasteiger partial charge in [0.2, 0.25) is 5.28 Å². The van der Waals surface area contributed by atoms with E-state index in [4.69, 9.17) is 22.9 Å². The average molecular weight is 321 g/mol. The van der Waals surface area contributed by atoms with Crippen LogP contribution in [0, 0.1) is 6.57 Å². The minimum Gasteiger partial charge on any atom is -0.377 e. The number of ether oxygens (including phenoxy) is 1. The van der Waals surface area contributed by atoms with Crippen molar-refractivity contribution in [2.24, 2.45) is 0 Å². The summed E-state index contributed by atoms with van der Waals surface area (Å²) in [4.78, 5) is 14.9. The Morgan fingerprint density at radius 3 is 2.82 bits per heavy atom. The van der Waals surface area contributed by atoms with Gasteiger partial charge in [0.25, 0.3) is 5.54 Å². The molecule has 1 saturated heterocycles. The van der Waals surface area contributed by atoms with Crippen molar-refractivity contribution in [3.05, 3.63) is 28.5 Å². The number of morpholine rings is 1. The van der Waals surface area contributed by atoms with Crippen molar-refractivity contribution in [1.82, 2.24) is 9.97 Å². The summed E-state index contributed by atoms with van der Waals surface area (Å²) in [5.74, 6) is 0.819. The van der Waals surface area contributed by atoms with Crippen LogP contribution in [0.3, 0.4) is 0 Å². The first-order chi connectivity index (χ1) is 10.6. The Balaban J connectivity index is 1.97. The van der Waals surface area contributed by atoms with Gasteiger partial charge in [-0.15, -0.1) is 0 Å². The Labute approximate surface area is 136 Å². The van der Waals surface area contributed by atoms with E-state index in [2.05, 4.69) is 26.6 Å². The highest BCUT2D eigenvalue weighted by molar-refractivity contribution is 6.28.